The van der Waals surface area contributed by atoms with Gasteiger partial charge in [-0.15, -0.1) is 0 Å². The van der Waals surface area contributed by atoms with E-state index in [9.17, 15) is 4.79 Å². The quantitative estimate of drug-likeness (QED) is 0.858. The summed E-state index contributed by atoms with van der Waals surface area (Å²) in [6.07, 6.45) is 7.06. The number of hydrogen-bond donors (Lipinski definition) is 0. The van der Waals surface area contributed by atoms with E-state index in [1.165, 1.54) is 6.26 Å². The number of oxazole rings is 1. The molecule has 2 aliphatic rings. The van der Waals surface area contributed by atoms with Crippen molar-refractivity contribution < 1.29 is 13.9 Å². The molecule has 132 valence electrons. The highest BCUT2D eigenvalue weighted by Gasteiger charge is 2.43. The van der Waals surface area contributed by atoms with Gasteiger partial charge in [0.15, 0.2) is 11.6 Å². The Bertz CT molecular complexity index is 735. The number of piperidine rings is 1. The van der Waals surface area contributed by atoms with Crippen molar-refractivity contribution in [2.24, 2.45) is 5.92 Å². The maximum atomic E-state index is 12.5. The van der Waals surface area contributed by atoms with Crippen LogP contribution in [0.1, 0.15) is 41.3 Å². The van der Waals surface area contributed by atoms with Crippen molar-refractivity contribution in [2.45, 2.75) is 38.2 Å². The lowest BCUT2D eigenvalue weighted by atomic mass is 9.84. The van der Waals surface area contributed by atoms with Crippen LogP contribution in [-0.2, 0) is 11.2 Å². The maximum Gasteiger partial charge on any atom is 0.275 e. The number of carbonyl (C=O) groups excluding carboxylic acids is 1. The summed E-state index contributed by atoms with van der Waals surface area (Å²) in [4.78, 5) is 22.9. The van der Waals surface area contributed by atoms with E-state index in [-0.39, 0.29) is 11.5 Å². The molecule has 6 heteroatoms. The van der Waals surface area contributed by atoms with E-state index < -0.39 is 0 Å². The molecule has 1 amide bonds. The molecule has 1 atom stereocenters. The summed E-state index contributed by atoms with van der Waals surface area (Å²) >= 11 is 0. The largest absolute Gasteiger partial charge is 0.448 e. The third-order valence-electron chi connectivity index (χ3n) is 5.31. The highest BCUT2D eigenvalue weighted by molar-refractivity contribution is 5.92. The molecule has 2 fully saturated rings. The van der Waals surface area contributed by atoms with Crippen molar-refractivity contribution >= 4 is 5.91 Å². The Balaban J connectivity index is 1.33. The van der Waals surface area contributed by atoms with Gasteiger partial charge in [-0.05, 0) is 43.7 Å². The summed E-state index contributed by atoms with van der Waals surface area (Å²) < 4.78 is 11.4. The first-order chi connectivity index (χ1) is 12.1. The van der Waals surface area contributed by atoms with Crippen LogP contribution in [0.4, 0.5) is 0 Å². The van der Waals surface area contributed by atoms with E-state index in [4.69, 9.17) is 9.15 Å². The van der Waals surface area contributed by atoms with Gasteiger partial charge in [0, 0.05) is 31.9 Å². The summed E-state index contributed by atoms with van der Waals surface area (Å²) in [5.74, 6) is 0.985. The Hall–Kier alpha value is -2.21. The normalized spacial score (nSPS) is 22.4. The van der Waals surface area contributed by atoms with Crippen molar-refractivity contribution in [1.82, 2.24) is 14.9 Å². The Labute approximate surface area is 147 Å². The number of hydrogen-bond acceptors (Lipinski definition) is 5. The second kappa shape index (κ2) is 6.59. The second-order valence-electron chi connectivity index (χ2n) is 7.13. The zero-order valence-corrected chi connectivity index (χ0v) is 14.5. The van der Waals surface area contributed by atoms with Gasteiger partial charge in [-0.2, -0.15) is 0 Å². The van der Waals surface area contributed by atoms with E-state index in [0.717, 1.165) is 38.0 Å². The molecule has 0 saturated carbocycles. The average Bonchev–Trinajstić information content (AvgIpc) is 3.23. The van der Waals surface area contributed by atoms with Crippen molar-refractivity contribution in [3.63, 3.8) is 0 Å². The lowest BCUT2D eigenvalue weighted by molar-refractivity contribution is -0.0391. The summed E-state index contributed by atoms with van der Waals surface area (Å²) in [6.45, 7) is 3.95. The van der Waals surface area contributed by atoms with Gasteiger partial charge in [0.05, 0.1) is 12.2 Å². The van der Waals surface area contributed by atoms with E-state index in [1.54, 1.807) is 6.92 Å². The smallest absolute Gasteiger partial charge is 0.275 e. The zero-order valence-electron chi connectivity index (χ0n) is 14.5. The van der Waals surface area contributed by atoms with E-state index in [0.29, 0.717) is 30.6 Å². The number of ether oxygens (including phenoxy) is 1. The van der Waals surface area contributed by atoms with Crippen molar-refractivity contribution in [1.29, 1.82) is 0 Å². The van der Waals surface area contributed by atoms with Gasteiger partial charge >= 0.3 is 0 Å². The van der Waals surface area contributed by atoms with E-state index in [1.807, 2.05) is 23.2 Å². The van der Waals surface area contributed by atoms with Gasteiger partial charge in [-0.1, -0.05) is 6.07 Å². The van der Waals surface area contributed by atoms with Gasteiger partial charge in [-0.25, -0.2) is 4.98 Å². The minimum Gasteiger partial charge on any atom is -0.448 e. The van der Waals surface area contributed by atoms with Crippen LogP contribution >= 0.6 is 0 Å². The third-order valence-corrected chi connectivity index (χ3v) is 5.31. The molecule has 6 nitrogen and oxygen atoms in total. The number of likely N-dealkylation sites (tertiary alicyclic amines) is 1. The molecule has 2 aromatic rings. The third kappa shape index (κ3) is 3.44. The highest BCUT2D eigenvalue weighted by atomic mass is 16.5. The summed E-state index contributed by atoms with van der Waals surface area (Å²) in [5.41, 5.74) is 1.45. The Morgan fingerprint density at radius 1 is 1.36 bits per heavy atom. The number of pyridine rings is 1. The number of aryl methyl sites for hydroxylation is 1. The van der Waals surface area contributed by atoms with Crippen LogP contribution in [0.5, 0.6) is 0 Å². The van der Waals surface area contributed by atoms with Crippen LogP contribution in [-0.4, -0.2) is 46.1 Å². The fourth-order valence-corrected chi connectivity index (χ4v) is 3.97. The van der Waals surface area contributed by atoms with Crippen LogP contribution in [0.3, 0.4) is 0 Å². The first kappa shape index (κ1) is 16.3. The van der Waals surface area contributed by atoms with Crippen molar-refractivity contribution in [3.05, 3.63) is 47.9 Å². The Morgan fingerprint density at radius 3 is 2.88 bits per heavy atom. The number of amides is 1. The lowest BCUT2D eigenvalue weighted by Gasteiger charge is -2.38. The van der Waals surface area contributed by atoms with E-state index in [2.05, 4.69) is 16.0 Å². The molecule has 2 saturated heterocycles. The van der Waals surface area contributed by atoms with Crippen molar-refractivity contribution in [3.8, 4) is 0 Å². The monoisotopic (exact) mass is 341 g/mol. The first-order valence-corrected chi connectivity index (χ1v) is 8.89. The van der Waals surface area contributed by atoms with Crippen LogP contribution < -0.4 is 0 Å². The van der Waals surface area contributed by atoms with Crippen LogP contribution in [0, 0.1) is 12.8 Å². The SMILES string of the molecule is Cc1nc(C(=O)N2CCC3(CC2)C[C@H](Cc2ccccn2)CO3)co1. The predicted molar refractivity (Wildman–Crippen MR) is 91.1 cm³/mol. The van der Waals surface area contributed by atoms with Crippen molar-refractivity contribution in [2.75, 3.05) is 19.7 Å². The minimum atomic E-state index is -0.0734. The number of rotatable bonds is 3. The Kier molecular flexibility index (Phi) is 4.29. The topological polar surface area (TPSA) is 68.5 Å². The molecule has 0 aromatic carbocycles. The first-order valence-electron chi connectivity index (χ1n) is 8.89. The fourth-order valence-electron chi connectivity index (χ4n) is 3.97. The summed E-state index contributed by atoms with van der Waals surface area (Å²) in [6, 6.07) is 6.05. The second-order valence-corrected chi connectivity index (χ2v) is 7.13. The predicted octanol–water partition coefficient (Wildman–Crippen LogP) is 2.63. The van der Waals surface area contributed by atoms with Crippen LogP contribution in [0.15, 0.2) is 35.1 Å². The highest BCUT2D eigenvalue weighted by Crippen LogP contribution is 2.39. The molecule has 4 rings (SSSR count). The average molecular weight is 341 g/mol. The molecular formula is C19H23N3O3. The minimum absolute atomic E-state index is 0.0465. The Morgan fingerprint density at radius 2 is 2.20 bits per heavy atom. The molecule has 0 radical (unpaired) electrons. The molecule has 25 heavy (non-hydrogen) atoms. The van der Waals surface area contributed by atoms with Gasteiger partial charge < -0.3 is 14.1 Å². The zero-order chi connectivity index (χ0) is 17.3. The molecule has 0 N–H and O–H groups in total. The van der Waals surface area contributed by atoms with Gasteiger partial charge in [-0.3, -0.25) is 9.78 Å². The summed E-state index contributed by atoms with van der Waals surface area (Å²) in [7, 11) is 0. The van der Waals surface area contributed by atoms with Gasteiger partial charge in [0.1, 0.15) is 6.26 Å². The number of carbonyl (C=O) groups is 1. The standard InChI is InChI=1S/C19H23N3O3/c1-14-21-17(13-24-14)18(23)22-8-5-19(6-9-22)11-15(12-25-19)10-16-4-2-3-7-20-16/h2-4,7,13,15H,5-6,8-12H2,1H3/t15-/m0/s1. The molecule has 0 aliphatic carbocycles. The molecule has 4 heterocycles. The van der Waals surface area contributed by atoms with Crippen LogP contribution in [0.2, 0.25) is 0 Å². The molecular weight excluding hydrogens is 318 g/mol. The van der Waals surface area contributed by atoms with Gasteiger partial charge in [0.25, 0.3) is 5.91 Å². The fraction of sp³-hybridized carbons (Fsp3) is 0.526. The number of aromatic nitrogens is 2. The number of nitrogens with zero attached hydrogens (tertiary/aromatic N) is 3. The van der Waals surface area contributed by atoms with Crippen LogP contribution in [0.25, 0.3) is 0 Å². The molecule has 1 spiro atoms. The lowest BCUT2D eigenvalue weighted by Crippen LogP contribution is -2.46. The molecule has 0 unspecified atom stereocenters. The molecule has 2 aromatic heterocycles. The summed E-state index contributed by atoms with van der Waals surface area (Å²) in [5, 5.41) is 0. The van der Waals surface area contributed by atoms with Gasteiger partial charge in [0.2, 0.25) is 0 Å². The van der Waals surface area contributed by atoms with E-state index >= 15 is 0 Å². The molecule has 0 bridgehead atoms. The molecule has 2 aliphatic heterocycles. The maximum absolute atomic E-state index is 12.5.